The molecule has 5 nitrogen and oxygen atoms in total. The van der Waals surface area contributed by atoms with Gasteiger partial charge in [0.05, 0.1) is 11.5 Å². The molecule has 0 heterocycles. The maximum Gasteiger partial charge on any atom is 0.240 e. The van der Waals surface area contributed by atoms with Gasteiger partial charge in [-0.1, -0.05) is 12.8 Å². The summed E-state index contributed by atoms with van der Waals surface area (Å²) in [5.41, 5.74) is 0. The first-order chi connectivity index (χ1) is 10.9. The molecule has 1 fully saturated rings. The lowest BCUT2D eigenvalue weighted by atomic mass is 9.85. The van der Waals surface area contributed by atoms with Crippen molar-refractivity contribution in [3.63, 3.8) is 0 Å². The van der Waals surface area contributed by atoms with Crippen molar-refractivity contribution in [2.45, 2.75) is 43.5 Å². The number of nitrogens with one attached hydrogen (secondary N) is 1. The van der Waals surface area contributed by atoms with Crippen LogP contribution in [-0.2, 0) is 10.0 Å². The van der Waals surface area contributed by atoms with Crippen molar-refractivity contribution >= 4 is 10.0 Å². The Labute approximate surface area is 140 Å². The van der Waals surface area contributed by atoms with E-state index in [1.54, 1.807) is 24.3 Å². The van der Waals surface area contributed by atoms with E-state index in [0.717, 1.165) is 25.8 Å². The molecule has 0 spiro atoms. The van der Waals surface area contributed by atoms with Gasteiger partial charge in [-0.25, -0.2) is 13.1 Å². The number of hydrogen-bond acceptors (Lipinski definition) is 4. The normalized spacial score (nSPS) is 22.3. The summed E-state index contributed by atoms with van der Waals surface area (Å²) >= 11 is 0. The minimum atomic E-state index is -3.48. The van der Waals surface area contributed by atoms with E-state index in [-0.39, 0.29) is 6.04 Å². The van der Waals surface area contributed by atoms with Crippen LogP contribution < -0.4 is 9.46 Å². The molecule has 130 valence electrons. The number of sulfonamides is 1. The second kappa shape index (κ2) is 8.13. The molecule has 2 atom stereocenters. The van der Waals surface area contributed by atoms with Gasteiger partial charge in [0.2, 0.25) is 10.0 Å². The number of benzene rings is 1. The van der Waals surface area contributed by atoms with Gasteiger partial charge in [0.25, 0.3) is 0 Å². The topological polar surface area (TPSA) is 58.6 Å². The van der Waals surface area contributed by atoms with E-state index in [2.05, 4.69) is 9.62 Å². The lowest BCUT2D eigenvalue weighted by Gasteiger charge is -2.33. The Bertz CT molecular complexity index is 584. The average molecular weight is 340 g/mol. The second-order valence-corrected chi connectivity index (χ2v) is 8.15. The summed E-state index contributed by atoms with van der Waals surface area (Å²) in [6.45, 7) is 3.38. The largest absolute Gasteiger partial charge is 0.494 e. The third-order valence-corrected chi connectivity index (χ3v) is 5.77. The molecule has 0 aliphatic heterocycles. The second-order valence-electron chi connectivity index (χ2n) is 6.44. The Morgan fingerprint density at radius 1 is 1.17 bits per heavy atom. The average Bonchev–Trinajstić information content (AvgIpc) is 2.49. The van der Waals surface area contributed by atoms with E-state index in [0.29, 0.717) is 23.2 Å². The van der Waals surface area contributed by atoms with Crippen molar-refractivity contribution in [2.75, 3.05) is 27.2 Å². The van der Waals surface area contributed by atoms with Gasteiger partial charge in [-0.2, -0.15) is 0 Å². The van der Waals surface area contributed by atoms with Crippen LogP contribution in [0.25, 0.3) is 0 Å². The van der Waals surface area contributed by atoms with Crippen molar-refractivity contribution < 1.29 is 13.2 Å². The Balaban J connectivity index is 2.09. The Kier molecular flexibility index (Phi) is 6.44. The molecule has 1 aromatic carbocycles. The molecule has 1 saturated carbocycles. The Morgan fingerprint density at radius 3 is 2.43 bits per heavy atom. The minimum Gasteiger partial charge on any atom is -0.494 e. The van der Waals surface area contributed by atoms with Crippen molar-refractivity contribution in [3.8, 4) is 5.75 Å². The van der Waals surface area contributed by atoms with Crippen LogP contribution in [-0.4, -0.2) is 46.6 Å². The highest BCUT2D eigenvalue weighted by atomic mass is 32.2. The summed E-state index contributed by atoms with van der Waals surface area (Å²) in [4.78, 5) is 2.43. The van der Waals surface area contributed by atoms with E-state index in [1.165, 1.54) is 6.42 Å². The van der Waals surface area contributed by atoms with E-state index < -0.39 is 10.0 Å². The van der Waals surface area contributed by atoms with Crippen molar-refractivity contribution in [1.82, 2.24) is 9.62 Å². The summed E-state index contributed by atoms with van der Waals surface area (Å²) in [7, 11) is 0.584. The van der Waals surface area contributed by atoms with Gasteiger partial charge < -0.3 is 9.64 Å². The fourth-order valence-corrected chi connectivity index (χ4v) is 4.54. The zero-order valence-corrected chi connectivity index (χ0v) is 15.1. The number of ether oxygens (including phenoxy) is 1. The Morgan fingerprint density at radius 2 is 1.83 bits per heavy atom. The smallest absolute Gasteiger partial charge is 0.240 e. The van der Waals surface area contributed by atoms with E-state index in [1.807, 2.05) is 21.0 Å². The molecular weight excluding hydrogens is 312 g/mol. The summed E-state index contributed by atoms with van der Waals surface area (Å²) in [6, 6.07) is 6.64. The lowest BCUT2D eigenvalue weighted by molar-refractivity contribution is 0.224. The van der Waals surface area contributed by atoms with Crippen LogP contribution in [0.4, 0.5) is 0 Å². The highest BCUT2D eigenvalue weighted by Crippen LogP contribution is 2.26. The van der Waals surface area contributed by atoms with Crippen LogP contribution in [0.3, 0.4) is 0 Å². The molecule has 0 saturated heterocycles. The number of nitrogens with zero attached hydrogens (tertiary/aromatic N) is 1. The third kappa shape index (κ3) is 5.19. The van der Waals surface area contributed by atoms with Gasteiger partial charge in [0.1, 0.15) is 5.75 Å². The van der Waals surface area contributed by atoms with Crippen LogP contribution in [0, 0.1) is 5.92 Å². The molecule has 1 aliphatic rings. The first-order valence-corrected chi connectivity index (χ1v) is 9.80. The molecule has 6 heteroatoms. The maximum absolute atomic E-state index is 12.6. The molecule has 0 bridgehead atoms. The minimum absolute atomic E-state index is 0.0164. The number of rotatable bonds is 7. The van der Waals surface area contributed by atoms with Gasteiger partial charge in [0, 0.05) is 12.6 Å². The zero-order valence-electron chi connectivity index (χ0n) is 14.3. The zero-order chi connectivity index (χ0) is 16.9. The molecule has 1 N–H and O–H groups in total. The summed E-state index contributed by atoms with van der Waals surface area (Å²) < 4.78 is 33.6. The van der Waals surface area contributed by atoms with E-state index >= 15 is 0 Å². The van der Waals surface area contributed by atoms with Crippen LogP contribution >= 0.6 is 0 Å². The highest BCUT2D eigenvalue weighted by molar-refractivity contribution is 7.89. The van der Waals surface area contributed by atoms with Crippen LogP contribution in [0.15, 0.2) is 29.2 Å². The molecule has 0 amide bonds. The molecule has 1 aromatic rings. The molecule has 2 unspecified atom stereocenters. The van der Waals surface area contributed by atoms with Crippen molar-refractivity contribution in [2.24, 2.45) is 5.92 Å². The first kappa shape index (κ1) is 18.2. The van der Waals surface area contributed by atoms with Crippen molar-refractivity contribution in [1.29, 1.82) is 0 Å². The van der Waals surface area contributed by atoms with Gasteiger partial charge in [-0.15, -0.1) is 0 Å². The number of hydrogen-bond donors (Lipinski definition) is 1. The van der Waals surface area contributed by atoms with Gasteiger partial charge in [-0.3, -0.25) is 0 Å². The van der Waals surface area contributed by atoms with Crippen LogP contribution in [0.5, 0.6) is 5.75 Å². The summed E-state index contributed by atoms with van der Waals surface area (Å²) in [6.07, 6.45) is 4.25. The quantitative estimate of drug-likeness (QED) is 0.828. The monoisotopic (exact) mass is 340 g/mol. The van der Waals surface area contributed by atoms with Gasteiger partial charge in [0.15, 0.2) is 0 Å². The molecule has 0 aromatic heterocycles. The lowest BCUT2D eigenvalue weighted by Crippen LogP contribution is -2.45. The van der Waals surface area contributed by atoms with Gasteiger partial charge >= 0.3 is 0 Å². The third-order valence-electron chi connectivity index (χ3n) is 4.26. The fourth-order valence-electron chi connectivity index (χ4n) is 3.20. The van der Waals surface area contributed by atoms with Crippen LogP contribution in [0.2, 0.25) is 0 Å². The standard InChI is InChI=1S/C17H28N2O3S/c1-4-22-15-9-11-16(12-10-15)23(20,21)18-17-8-6-5-7-14(17)13-19(2)3/h9-12,14,17-18H,4-8,13H2,1-3H3. The maximum atomic E-state index is 12.6. The van der Waals surface area contributed by atoms with E-state index in [9.17, 15) is 8.42 Å². The van der Waals surface area contributed by atoms with Gasteiger partial charge in [-0.05, 0) is 64.0 Å². The summed E-state index contributed by atoms with van der Waals surface area (Å²) in [5.74, 6) is 1.06. The molecule has 23 heavy (non-hydrogen) atoms. The molecular formula is C17H28N2O3S. The first-order valence-electron chi connectivity index (χ1n) is 8.32. The molecule has 0 radical (unpaired) electrons. The highest BCUT2D eigenvalue weighted by Gasteiger charge is 2.29. The summed E-state index contributed by atoms with van der Waals surface area (Å²) in [5, 5.41) is 0. The predicted octanol–water partition coefficient (Wildman–Crippen LogP) is 2.48. The SMILES string of the molecule is CCOc1ccc(S(=O)(=O)NC2CCCCC2CN(C)C)cc1. The van der Waals surface area contributed by atoms with E-state index in [4.69, 9.17) is 4.74 Å². The predicted molar refractivity (Wildman–Crippen MR) is 92.2 cm³/mol. The Hall–Kier alpha value is -1.11. The fraction of sp³-hybridized carbons (Fsp3) is 0.647. The molecule has 2 rings (SSSR count). The molecule has 1 aliphatic carbocycles. The van der Waals surface area contributed by atoms with Crippen LogP contribution in [0.1, 0.15) is 32.6 Å². The van der Waals surface area contributed by atoms with Crippen molar-refractivity contribution in [3.05, 3.63) is 24.3 Å².